The Morgan fingerprint density at radius 3 is 2.89 bits per heavy atom. The van der Waals surface area contributed by atoms with Crippen LogP contribution >= 0.6 is 28.8 Å². The van der Waals surface area contributed by atoms with Crippen LogP contribution in [0.25, 0.3) is 0 Å². The van der Waals surface area contributed by atoms with Gasteiger partial charge in [0.1, 0.15) is 4.60 Å². The van der Waals surface area contributed by atoms with Crippen molar-refractivity contribution in [2.45, 2.75) is 0 Å². The Hall–Kier alpha value is -0.220. The lowest BCUT2D eigenvalue weighted by Gasteiger charge is -1.96. The third-order valence-electron chi connectivity index (χ3n) is 0.823. The van der Waals surface area contributed by atoms with Crippen LogP contribution in [0.2, 0.25) is 0 Å². The van der Waals surface area contributed by atoms with Crippen molar-refractivity contribution in [3.63, 3.8) is 0 Å². The molecule has 0 radical (unpaired) electrons. The Bertz CT molecular complexity index is 206. The quantitative estimate of drug-likeness (QED) is 0.431. The molecule has 0 atom stereocenters. The number of thiol groups is 1. The van der Waals surface area contributed by atoms with Crippen LogP contribution in [0.15, 0.2) is 22.9 Å². The highest BCUT2D eigenvalue weighted by Gasteiger charge is 1.95. The predicted octanol–water partition coefficient (Wildman–Crippen LogP) is 2.07. The molecule has 9 heavy (non-hydrogen) atoms. The van der Waals surface area contributed by atoms with Crippen molar-refractivity contribution in [3.8, 4) is 5.75 Å². The van der Waals surface area contributed by atoms with Crippen molar-refractivity contribution in [2.24, 2.45) is 0 Å². The third-order valence-corrected chi connectivity index (χ3v) is 1.62. The van der Waals surface area contributed by atoms with Crippen LogP contribution in [0.4, 0.5) is 0 Å². The van der Waals surface area contributed by atoms with E-state index in [0.717, 1.165) is 0 Å². The van der Waals surface area contributed by atoms with Gasteiger partial charge in [-0.05, 0) is 28.1 Å². The van der Waals surface area contributed by atoms with E-state index in [9.17, 15) is 0 Å². The summed E-state index contributed by atoms with van der Waals surface area (Å²) in [5.41, 5.74) is 0. The summed E-state index contributed by atoms with van der Waals surface area (Å²) in [4.78, 5) is 3.89. The Balaban J connectivity index is 3.01. The molecule has 0 aliphatic heterocycles. The zero-order valence-corrected chi connectivity index (χ0v) is 6.89. The minimum absolute atomic E-state index is 0.626. The molecule has 0 aliphatic rings. The van der Waals surface area contributed by atoms with Crippen LogP contribution in [-0.4, -0.2) is 4.98 Å². The largest absolute Gasteiger partial charge is 0.426 e. The van der Waals surface area contributed by atoms with E-state index in [4.69, 9.17) is 0 Å². The molecular formula is C5H4BrNOS. The molecule has 0 saturated carbocycles. The first-order valence-corrected chi connectivity index (χ1v) is 3.42. The van der Waals surface area contributed by atoms with E-state index in [-0.39, 0.29) is 0 Å². The van der Waals surface area contributed by atoms with E-state index in [0.29, 0.717) is 10.4 Å². The van der Waals surface area contributed by atoms with Gasteiger partial charge in [-0.2, -0.15) is 0 Å². The SMILES string of the molecule is SOc1cccnc1Br. The number of pyridine rings is 1. The number of hydrogen-bond donors (Lipinski definition) is 1. The summed E-state index contributed by atoms with van der Waals surface area (Å²) in [6.45, 7) is 0. The Morgan fingerprint density at radius 2 is 2.44 bits per heavy atom. The van der Waals surface area contributed by atoms with E-state index in [1.165, 1.54) is 0 Å². The summed E-state index contributed by atoms with van der Waals surface area (Å²) in [6, 6.07) is 3.54. The molecule has 1 aromatic heterocycles. The highest BCUT2D eigenvalue weighted by molar-refractivity contribution is 9.10. The Labute approximate surface area is 67.0 Å². The summed E-state index contributed by atoms with van der Waals surface area (Å²) < 4.78 is 5.30. The zero-order chi connectivity index (χ0) is 6.69. The average Bonchev–Trinajstić information content (AvgIpc) is 1.89. The number of nitrogens with zero attached hydrogens (tertiary/aromatic N) is 1. The lowest BCUT2D eigenvalue weighted by molar-refractivity contribution is 0.648. The van der Waals surface area contributed by atoms with Gasteiger partial charge < -0.3 is 4.18 Å². The molecule has 0 saturated heterocycles. The highest BCUT2D eigenvalue weighted by atomic mass is 79.9. The van der Waals surface area contributed by atoms with Gasteiger partial charge in [0.2, 0.25) is 0 Å². The van der Waals surface area contributed by atoms with Gasteiger partial charge in [-0.3, -0.25) is 0 Å². The molecule has 2 nitrogen and oxygen atoms in total. The van der Waals surface area contributed by atoms with E-state index in [1.54, 1.807) is 18.3 Å². The van der Waals surface area contributed by atoms with Crippen LogP contribution in [0.5, 0.6) is 5.75 Å². The van der Waals surface area contributed by atoms with Crippen LogP contribution in [0.3, 0.4) is 0 Å². The smallest absolute Gasteiger partial charge is 0.169 e. The normalized spacial score (nSPS) is 9.11. The molecule has 1 heterocycles. The van der Waals surface area contributed by atoms with Crippen LogP contribution in [0.1, 0.15) is 0 Å². The molecule has 1 rings (SSSR count). The van der Waals surface area contributed by atoms with Crippen molar-refractivity contribution >= 4 is 28.8 Å². The van der Waals surface area contributed by atoms with Crippen molar-refractivity contribution < 1.29 is 4.18 Å². The molecule has 0 N–H and O–H groups in total. The van der Waals surface area contributed by atoms with Crippen LogP contribution < -0.4 is 4.18 Å². The minimum atomic E-state index is 0.626. The van der Waals surface area contributed by atoms with Crippen molar-refractivity contribution in [3.05, 3.63) is 22.9 Å². The number of aromatic nitrogens is 1. The van der Waals surface area contributed by atoms with Crippen molar-refractivity contribution in [1.29, 1.82) is 0 Å². The van der Waals surface area contributed by atoms with Gasteiger partial charge in [-0.25, -0.2) is 4.98 Å². The standard InChI is InChI=1S/C5H4BrNOS/c6-5-4(8-9)2-1-3-7-5/h1-3,9H. The Morgan fingerprint density at radius 1 is 1.67 bits per heavy atom. The monoisotopic (exact) mass is 205 g/mol. The summed E-state index contributed by atoms with van der Waals surface area (Å²) in [7, 11) is 0. The fourth-order valence-corrected chi connectivity index (χ4v) is 1.04. The summed E-state index contributed by atoms with van der Waals surface area (Å²) >= 11 is 6.78. The second kappa shape index (κ2) is 3.08. The minimum Gasteiger partial charge on any atom is -0.426 e. The molecule has 0 unspecified atom stereocenters. The molecule has 0 amide bonds. The van der Waals surface area contributed by atoms with Gasteiger partial charge in [0.25, 0.3) is 0 Å². The van der Waals surface area contributed by atoms with Gasteiger partial charge in [0.15, 0.2) is 5.75 Å². The average molecular weight is 206 g/mol. The van der Waals surface area contributed by atoms with Crippen molar-refractivity contribution in [2.75, 3.05) is 0 Å². The molecule has 0 spiro atoms. The maximum atomic E-state index is 4.63. The third kappa shape index (κ3) is 1.59. The summed E-state index contributed by atoms with van der Waals surface area (Å²) in [5, 5.41) is 0. The van der Waals surface area contributed by atoms with Gasteiger partial charge in [0.05, 0.1) is 0 Å². The van der Waals surface area contributed by atoms with Gasteiger partial charge in [0, 0.05) is 19.1 Å². The van der Waals surface area contributed by atoms with E-state index >= 15 is 0 Å². The number of hydrogen-bond acceptors (Lipinski definition) is 3. The van der Waals surface area contributed by atoms with Gasteiger partial charge in [-0.15, -0.1) is 0 Å². The van der Waals surface area contributed by atoms with E-state index < -0.39 is 0 Å². The first kappa shape index (κ1) is 6.89. The fraction of sp³-hybridized carbons (Fsp3) is 0. The summed E-state index contributed by atoms with van der Waals surface area (Å²) in [5.74, 6) is 0.626. The van der Waals surface area contributed by atoms with E-state index in [2.05, 4.69) is 38.0 Å². The van der Waals surface area contributed by atoms with Crippen LogP contribution in [0, 0.1) is 0 Å². The van der Waals surface area contributed by atoms with Gasteiger partial charge >= 0.3 is 0 Å². The molecule has 4 heteroatoms. The maximum Gasteiger partial charge on any atom is 0.169 e. The van der Waals surface area contributed by atoms with E-state index in [1.807, 2.05) is 0 Å². The molecule has 0 aromatic carbocycles. The molecule has 0 aliphatic carbocycles. The zero-order valence-electron chi connectivity index (χ0n) is 4.41. The first-order valence-electron chi connectivity index (χ1n) is 2.26. The second-order valence-corrected chi connectivity index (χ2v) is 2.32. The molecule has 48 valence electrons. The molecule has 0 fully saturated rings. The van der Waals surface area contributed by atoms with Crippen molar-refractivity contribution in [1.82, 2.24) is 4.98 Å². The first-order chi connectivity index (χ1) is 4.34. The lowest BCUT2D eigenvalue weighted by atomic mass is 10.5. The summed E-state index contributed by atoms with van der Waals surface area (Å²) in [6.07, 6.45) is 1.67. The number of rotatable bonds is 1. The predicted molar refractivity (Wildman–Crippen MR) is 41.6 cm³/mol. The maximum absolute atomic E-state index is 4.63. The molecule has 0 bridgehead atoms. The second-order valence-electron chi connectivity index (χ2n) is 1.38. The Kier molecular flexibility index (Phi) is 2.36. The van der Waals surface area contributed by atoms with Gasteiger partial charge in [-0.1, -0.05) is 0 Å². The molecular weight excluding hydrogens is 202 g/mol. The topological polar surface area (TPSA) is 22.1 Å². The highest BCUT2D eigenvalue weighted by Crippen LogP contribution is 2.21. The van der Waals surface area contributed by atoms with Crippen LogP contribution in [-0.2, 0) is 0 Å². The fourth-order valence-electron chi connectivity index (χ4n) is 0.439. The molecule has 1 aromatic rings. The number of halogens is 1. The lowest BCUT2D eigenvalue weighted by Crippen LogP contribution is -1.78.